The van der Waals surface area contributed by atoms with Crippen LogP contribution in [0.2, 0.25) is 0 Å². The number of rotatable bonds is 7. The molecule has 1 unspecified atom stereocenters. The van der Waals surface area contributed by atoms with E-state index in [1.165, 1.54) is 16.1 Å². The lowest BCUT2D eigenvalue weighted by molar-refractivity contribution is -0.144. The summed E-state index contributed by atoms with van der Waals surface area (Å²) in [6.45, 7) is 1.71. The fraction of sp³-hybridized carbons (Fsp3) is 0.424. The number of fused-ring (bicyclic) bond motifs is 14. The predicted octanol–water partition coefficient (Wildman–Crippen LogP) is 0.906. The lowest BCUT2D eigenvalue weighted by Crippen LogP contribution is -2.59. The zero-order chi connectivity index (χ0) is 34.6. The van der Waals surface area contributed by atoms with Gasteiger partial charge in [-0.1, -0.05) is 47.7 Å². The van der Waals surface area contributed by atoms with Gasteiger partial charge >= 0.3 is 5.97 Å². The van der Waals surface area contributed by atoms with Gasteiger partial charge in [0.2, 0.25) is 23.6 Å². The van der Waals surface area contributed by atoms with Gasteiger partial charge in [-0.25, -0.2) is 9.80 Å². The van der Waals surface area contributed by atoms with E-state index in [4.69, 9.17) is 10.3 Å². The first-order valence-corrected chi connectivity index (χ1v) is 15.8. The number of hydrogen-bond acceptors (Lipinski definition) is 9. The van der Waals surface area contributed by atoms with Crippen LogP contribution in [0.5, 0.6) is 0 Å². The number of nitrogens with one attached hydrogen (secondary N) is 5. The summed E-state index contributed by atoms with van der Waals surface area (Å²) in [5, 5.41) is 25.7. The van der Waals surface area contributed by atoms with E-state index < -0.39 is 59.8 Å². The molecule has 6 N–H and O–H groups in total. The van der Waals surface area contributed by atoms with E-state index in [2.05, 4.69) is 26.5 Å². The third-order valence-corrected chi connectivity index (χ3v) is 8.30. The van der Waals surface area contributed by atoms with Gasteiger partial charge in [0.25, 0.3) is 0 Å². The Balaban J connectivity index is 1.68. The van der Waals surface area contributed by atoms with Gasteiger partial charge in [-0.05, 0) is 56.1 Å². The smallest absolute Gasteiger partial charge is 0.326 e. The molecule has 5 rings (SSSR count). The van der Waals surface area contributed by atoms with Gasteiger partial charge in [0, 0.05) is 25.6 Å². The minimum Gasteiger partial charge on any atom is -0.480 e. The Morgan fingerprint density at radius 2 is 1.81 bits per heavy atom. The van der Waals surface area contributed by atoms with Crippen molar-refractivity contribution in [1.82, 2.24) is 26.2 Å². The normalized spacial score (nSPS) is 24.0. The molecular weight excluding hydrogens is 620 g/mol. The van der Waals surface area contributed by atoms with E-state index in [1.807, 2.05) is 6.07 Å². The number of ether oxygens (including phenoxy) is 1. The number of nitrogens with zero attached hydrogens (tertiary/aromatic N) is 3. The van der Waals surface area contributed by atoms with E-state index >= 15 is 0 Å². The average molecular weight is 663 g/mol. The number of hydrogen-bond donors (Lipinski definition) is 6. The maximum atomic E-state index is 13.9. The minimum absolute atomic E-state index is 0.0183. The molecule has 2 aromatic carbocycles. The van der Waals surface area contributed by atoms with Gasteiger partial charge < -0.3 is 36.0 Å². The molecule has 5 atom stereocenters. The molecule has 3 heterocycles. The molecule has 4 amide bonds. The van der Waals surface area contributed by atoms with Gasteiger partial charge in [0.15, 0.2) is 0 Å². The highest BCUT2D eigenvalue weighted by atomic mass is 16.5. The third-order valence-electron chi connectivity index (χ3n) is 8.30. The molecule has 0 spiro atoms. The summed E-state index contributed by atoms with van der Waals surface area (Å²) >= 11 is 0. The Kier molecular flexibility index (Phi) is 12.7. The van der Waals surface area contributed by atoms with Crippen LogP contribution in [0.3, 0.4) is 0 Å². The van der Waals surface area contributed by atoms with Crippen LogP contribution in [0.1, 0.15) is 30.9 Å². The lowest BCUT2D eigenvalue weighted by atomic mass is 10.0. The first-order chi connectivity index (χ1) is 23.1. The van der Waals surface area contributed by atoms with Crippen molar-refractivity contribution in [3.63, 3.8) is 0 Å². The van der Waals surface area contributed by atoms with Crippen molar-refractivity contribution in [2.45, 2.75) is 62.8 Å². The van der Waals surface area contributed by atoms with Gasteiger partial charge in [-0.3, -0.25) is 19.2 Å². The SMILES string of the molecule is CN[C@@H](C)C(=O)N[C@H]1COC/C=C/N(N=N)c2ccc(cc2)CC(C(=O)O)NC(=O)[C@H](Cc2ccccc2)NC(=O)[C@@H]2CCCN2C1=O. The van der Waals surface area contributed by atoms with Gasteiger partial charge in [-0.2, -0.15) is 5.53 Å². The monoisotopic (exact) mass is 662 g/mol. The summed E-state index contributed by atoms with van der Waals surface area (Å²) in [4.78, 5) is 67.8. The van der Waals surface area contributed by atoms with Gasteiger partial charge in [0.05, 0.1) is 24.9 Å². The lowest BCUT2D eigenvalue weighted by Gasteiger charge is -2.30. The molecular formula is C33H42N8O7. The molecule has 3 aliphatic heterocycles. The quantitative estimate of drug-likeness (QED) is 0.233. The number of likely N-dealkylation sites (N-methyl/N-ethyl adjacent to an activating group) is 1. The van der Waals surface area contributed by atoms with E-state index in [9.17, 15) is 29.1 Å². The molecule has 1 saturated heterocycles. The maximum Gasteiger partial charge on any atom is 0.326 e. The second-order valence-electron chi connectivity index (χ2n) is 11.6. The Morgan fingerprint density at radius 3 is 2.48 bits per heavy atom. The number of carboxylic acids is 1. The average Bonchev–Trinajstić information content (AvgIpc) is 3.59. The fourth-order valence-corrected chi connectivity index (χ4v) is 5.50. The number of carbonyl (C=O) groups excluding carboxylic acids is 4. The Bertz CT molecular complexity index is 1490. The highest BCUT2D eigenvalue weighted by Gasteiger charge is 2.39. The molecule has 1 fully saturated rings. The highest BCUT2D eigenvalue weighted by molar-refractivity contribution is 5.96. The number of carbonyl (C=O) groups is 5. The molecule has 2 aromatic rings. The summed E-state index contributed by atoms with van der Waals surface area (Å²) in [7, 11) is 1.61. The summed E-state index contributed by atoms with van der Waals surface area (Å²) in [5.74, 6) is -3.47. The second-order valence-corrected chi connectivity index (χ2v) is 11.6. The van der Waals surface area contributed by atoms with Gasteiger partial charge in [-0.15, -0.1) is 0 Å². The van der Waals surface area contributed by atoms with Crippen molar-refractivity contribution in [2.24, 2.45) is 5.22 Å². The van der Waals surface area contributed by atoms with Crippen molar-refractivity contribution >= 4 is 35.3 Å². The number of carboxylic acid groups (broad SMARTS) is 1. The van der Waals surface area contributed by atoms with Crippen molar-refractivity contribution in [2.75, 3.05) is 31.8 Å². The van der Waals surface area contributed by atoms with Crippen LogP contribution in [0.4, 0.5) is 5.69 Å². The van der Waals surface area contributed by atoms with Crippen LogP contribution in [-0.2, 0) is 41.6 Å². The first-order valence-electron chi connectivity index (χ1n) is 15.8. The third kappa shape index (κ3) is 9.45. The van der Waals surface area contributed by atoms with Crippen LogP contribution in [0.25, 0.3) is 0 Å². The highest BCUT2D eigenvalue weighted by Crippen LogP contribution is 2.21. The zero-order valence-corrected chi connectivity index (χ0v) is 26.9. The first kappa shape index (κ1) is 35.7. The molecule has 15 nitrogen and oxygen atoms in total. The fourth-order valence-electron chi connectivity index (χ4n) is 5.50. The van der Waals surface area contributed by atoms with Crippen LogP contribution in [0.15, 0.2) is 72.1 Å². The standard InChI is InChI=1S/C33H42N8O7/c1-21(35-2)29(42)38-27-20-48-17-7-16-41(39-34)24-13-11-23(12-14-24)19-26(33(46)47)37-30(43)25(18-22-8-4-3-5-9-22)36-31(44)28-10-6-15-40(28)32(27)45/h3-5,7-9,11-14,16,21,25-28,34-35H,6,10,15,17-20H2,1-2H3,(H,36,44)(H,37,43)(H,38,42)(H,46,47)/b16-7+,39-34?/t21-,25-,26?,27-,28-/m0/s1. The Labute approximate surface area is 278 Å². The van der Waals surface area contributed by atoms with Crippen LogP contribution in [-0.4, -0.2) is 96.6 Å². The minimum atomic E-state index is -1.31. The maximum absolute atomic E-state index is 13.9. The molecule has 256 valence electrons. The Morgan fingerprint density at radius 1 is 1.08 bits per heavy atom. The summed E-state index contributed by atoms with van der Waals surface area (Å²) in [5.41, 5.74) is 9.45. The summed E-state index contributed by atoms with van der Waals surface area (Å²) in [6.07, 6.45) is 3.96. The van der Waals surface area contributed by atoms with Crippen molar-refractivity contribution in [3.8, 4) is 0 Å². The molecule has 0 saturated carbocycles. The Hall–Kier alpha value is -5.15. The molecule has 0 aromatic heterocycles. The number of aliphatic carboxylic acids is 1. The van der Waals surface area contributed by atoms with E-state index in [1.54, 1.807) is 68.6 Å². The van der Waals surface area contributed by atoms with Crippen molar-refractivity contribution < 1.29 is 33.8 Å². The summed E-state index contributed by atoms with van der Waals surface area (Å²) < 4.78 is 5.75. The van der Waals surface area contributed by atoms with E-state index in [0.717, 1.165) is 5.56 Å². The summed E-state index contributed by atoms with van der Waals surface area (Å²) in [6, 6.07) is 10.5. The zero-order valence-electron chi connectivity index (χ0n) is 26.9. The van der Waals surface area contributed by atoms with Crippen LogP contribution < -0.4 is 26.3 Å². The molecule has 2 bridgehead atoms. The van der Waals surface area contributed by atoms with Gasteiger partial charge in [0.1, 0.15) is 24.2 Å². The molecule has 0 radical (unpaired) electrons. The molecule has 3 aliphatic rings. The predicted molar refractivity (Wildman–Crippen MR) is 175 cm³/mol. The van der Waals surface area contributed by atoms with Crippen molar-refractivity contribution in [3.05, 3.63) is 78.0 Å². The second kappa shape index (κ2) is 17.1. The molecule has 0 aliphatic carbocycles. The van der Waals surface area contributed by atoms with E-state index in [-0.39, 0.29) is 32.6 Å². The number of amides is 4. The number of anilines is 1. The topological polar surface area (TPSA) is 206 Å². The van der Waals surface area contributed by atoms with Crippen LogP contribution in [0, 0.1) is 5.53 Å². The molecule has 48 heavy (non-hydrogen) atoms. The van der Waals surface area contributed by atoms with Crippen molar-refractivity contribution in [1.29, 1.82) is 5.53 Å². The number of benzene rings is 2. The molecule has 15 heteroatoms. The van der Waals surface area contributed by atoms with Crippen LogP contribution >= 0.6 is 0 Å². The largest absolute Gasteiger partial charge is 0.480 e. The van der Waals surface area contributed by atoms with E-state index in [0.29, 0.717) is 24.1 Å².